The second-order valence-electron chi connectivity index (χ2n) is 4.94. The van der Waals surface area contributed by atoms with E-state index in [2.05, 4.69) is 42.9 Å². The van der Waals surface area contributed by atoms with Crippen LogP contribution in [0.3, 0.4) is 0 Å². The highest BCUT2D eigenvalue weighted by molar-refractivity contribution is 9.10. The number of methoxy groups -OCH3 is 1. The Morgan fingerprint density at radius 3 is 2.47 bits per heavy atom. The maximum absolute atomic E-state index is 5.94. The molecule has 0 saturated heterocycles. The lowest BCUT2D eigenvalue weighted by Crippen LogP contribution is -2.27. The molecule has 1 rings (SSSR count). The van der Waals surface area contributed by atoms with Crippen LogP contribution in [-0.2, 0) is 0 Å². The van der Waals surface area contributed by atoms with Gasteiger partial charge in [0.2, 0.25) is 0 Å². The largest absolute Gasteiger partial charge is 0.493 e. The van der Waals surface area contributed by atoms with E-state index in [0.29, 0.717) is 6.61 Å². The molecule has 0 bridgehead atoms. The van der Waals surface area contributed by atoms with Crippen LogP contribution in [0.25, 0.3) is 0 Å². The molecule has 4 heteroatoms. The Morgan fingerprint density at radius 1 is 1.29 bits per heavy atom. The minimum Gasteiger partial charge on any atom is -0.493 e. The summed E-state index contributed by atoms with van der Waals surface area (Å²) in [4.78, 5) is 0. The first-order valence-corrected chi connectivity index (χ1v) is 8.93. The quantitative estimate of drug-likeness (QED) is 0.751. The van der Waals surface area contributed by atoms with E-state index in [1.54, 1.807) is 7.11 Å². The Balaban J connectivity index is 2.82. The molecule has 0 aromatic heterocycles. The van der Waals surface area contributed by atoms with Crippen molar-refractivity contribution in [3.63, 3.8) is 0 Å². The highest BCUT2D eigenvalue weighted by Crippen LogP contribution is 2.37. The molecule has 1 radical (unpaired) electrons. The van der Waals surface area contributed by atoms with Crippen LogP contribution in [0.5, 0.6) is 11.5 Å². The second-order valence-corrected chi connectivity index (χ2v) is 9.15. The third kappa shape index (κ3) is 3.74. The van der Waals surface area contributed by atoms with Crippen LogP contribution in [-0.4, -0.2) is 22.5 Å². The van der Waals surface area contributed by atoms with E-state index in [1.165, 1.54) is 0 Å². The van der Waals surface area contributed by atoms with Crippen LogP contribution in [0.4, 0.5) is 0 Å². The van der Waals surface area contributed by atoms with Crippen LogP contribution in [0.1, 0.15) is 13.8 Å². The highest BCUT2D eigenvalue weighted by atomic mass is 79.9. The molecule has 17 heavy (non-hydrogen) atoms. The molecule has 0 heterocycles. The molecule has 1 aromatic rings. The minimum absolute atomic E-state index is 0.241. The monoisotopic (exact) mass is 315 g/mol. The van der Waals surface area contributed by atoms with Gasteiger partial charge >= 0.3 is 0 Å². The van der Waals surface area contributed by atoms with Crippen molar-refractivity contribution in [1.29, 1.82) is 0 Å². The number of ether oxygens (including phenoxy) is 2. The fourth-order valence-electron chi connectivity index (χ4n) is 1.19. The summed E-state index contributed by atoms with van der Waals surface area (Å²) >= 11 is 3.50. The molecule has 0 aliphatic heterocycles. The summed E-state index contributed by atoms with van der Waals surface area (Å²) in [5, 5.41) is 0.241. The second kappa shape index (κ2) is 5.91. The molecule has 95 valence electrons. The number of benzene rings is 1. The Morgan fingerprint density at radius 2 is 1.94 bits per heavy atom. The van der Waals surface area contributed by atoms with E-state index in [-0.39, 0.29) is 5.04 Å². The van der Waals surface area contributed by atoms with Crippen molar-refractivity contribution in [2.24, 2.45) is 0 Å². The van der Waals surface area contributed by atoms with Gasteiger partial charge in [-0.25, -0.2) is 0 Å². The summed E-state index contributed by atoms with van der Waals surface area (Å²) < 4.78 is 12.2. The van der Waals surface area contributed by atoms with Gasteiger partial charge in [-0.2, -0.15) is 0 Å². The molecule has 0 fully saturated rings. The van der Waals surface area contributed by atoms with Crippen LogP contribution < -0.4 is 9.47 Å². The lowest BCUT2D eigenvalue weighted by molar-refractivity contribution is 0.260. The van der Waals surface area contributed by atoms with E-state index in [4.69, 9.17) is 9.47 Å². The molecule has 0 aliphatic rings. The van der Waals surface area contributed by atoms with Crippen molar-refractivity contribution in [2.75, 3.05) is 13.7 Å². The van der Waals surface area contributed by atoms with E-state index >= 15 is 0 Å². The van der Waals surface area contributed by atoms with Crippen LogP contribution in [0.15, 0.2) is 22.7 Å². The standard InChI is InChI=1S/C13H20BrO2Si/c1-13(2,17(4)5)9-16-12-10(14)7-6-8-11(12)15-3/h6-8H,9H2,1-5H3. The fourth-order valence-corrected chi connectivity index (χ4v) is 2.01. The predicted octanol–water partition coefficient (Wildman–Crippen LogP) is 4.37. The summed E-state index contributed by atoms with van der Waals surface area (Å²) in [7, 11) is 1.27. The molecule has 0 amide bonds. The smallest absolute Gasteiger partial charge is 0.175 e. The molecule has 0 atom stereocenters. The molecular weight excluding hydrogens is 296 g/mol. The van der Waals surface area contributed by atoms with Gasteiger partial charge in [-0.1, -0.05) is 33.0 Å². The Bertz CT molecular complexity index is 378. The van der Waals surface area contributed by atoms with Crippen molar-refractivity contribution in [3.05, 3.63) is 22.7 Å². The van der Waals surface area contributed by atoms with Crippen LogP contribution in [0, 0.1) is 0 Å². The Hall–Kier alpha value is -0.483. The third-order valence-electron chi connectivity index (χ3n) is 3.08. The van der Waals surface area contributed by atoms with E-state index in [1.807, 2.05) is 18.2 Å². The van der Waals surface area contributed by atoms with Gasteiger partial charge in [0.15, 0.2) is 11.5 Å². The summed E-state index contributed by atoms with van der Waals surface area (Å²) in [6.07, 6.45) is 0. The van der Waals surface area contributed by atoms with Gasteiger partial charge in [-0.3, -0.25) is 0 Å². The predicted molar refractivity (Wildman–Crippen MR) is 77.7 cm³/mol. The minimum atomic E-state index is -0.393. The zero-order chi connectivity index (χ0) is 13.1. The Labute approximate surface area is 114 Å². The lowest BCUT2D eigenvalue weighted by atomic mass is 10.2. The SMILES string of the molecule is COc1cccc(Br)c1OCC(C)(C)[Si](C)C. The molecule has 0 N–H and O–H groups in total. The number of hydrogen-bond acceptors (Lipinski definition) is 2. The van der Waals surface area contributed by atoms with Crippen molar-refractivity contribution in [3.8, 4) is 11.5 Å². The summed E-state index contributed by atoms with van der Waals surface area (Å²) in [5.74, 6) is 1.57. The molecule has 2 nitrogen and oxygen atoms in total. The van der Waals surface area contributed by atoms with Gasteiger partial charge < -0.3 is 9.47 Å². The maximum atomic E-state index is 5.94. The molecule has 0 aliphatic carbocycles. The number of hydrogen-bond donors (Lipinski definition) is 0. The van der Waals surface area contributed by atoms with Crippen molar-refractivity contribution in [2.45, 2.75) is 32.0 Å². The van der Waals surface area contributed by atoms with E-state index in [0.717, 1.165) is 16.0 Å². The average molecular weight is 316 g/mol. The van der Waals surface area contributed by atoms with Gasteiger partial charge in [0.05, 0.1) is 27.0 Å². The van der Waals surface area contributed by atoms with E-state index in [9.17, 15) is 0 Å². The van der Waals surface area contributed by atoms with Gasteiger partial charge in [0.1, 0.15) is 0 Å². The first-order valence-electron chi connectivity index (χ1n) is 5.64. The molecule has 0 spiro atoms. The van der Waals surface area contributed by atoms with Gasteiger partial charge in [0.25, 0.3) is 0 Å². The van der Waals surface area contributed by atoms with Gasteiger partial charge in [-0.05, 0) is 33.1 Å². The first kappa shape index (κ1) is 14.6. The van der Waals surface area contributed by atoms with Crippen molar-refractivity contribution >= 4 is 24.7 Å². The van der Waals surface area contributed by atoms with E-state index < -0.39 is 8.80 Å². The number of para-hydroxylation sites is 1. The van der Waals surface area contributed by atoms with Gasteiger partial charge in [-0.15, -0.1) is 0 Å². The summed E-state index contributed by atoms with van der Waals surface area (Å²) in [6.45, 7) is 9.85. The van der Waals surface area contributed by atoms with Crippen molar-refractivity contribution in [1.82, 2.24) is 0 Å². The average Bonchev–Trinajstić information content (AvgIpc) is 2.26. The van der Waals surface area contributed by atoms with Crippen molar-refractivity contribution < 1.29 is 9.47 Å². The topological polar surface area (TPSA) is 18.5 Å². The molecular formula is C13H20BrO2Si. The maximum Gasteiger partial charge on any atom is 0.175 e. The van der Waals surface area contributed by atoms with Crippen LogP contribution >= 0.6 is 15.9 Å². The zero-order valence-electron chi connectivity index (χ0n) is 11.1. The van der Waals surface area contributed by atoms with Crippen LogP contribution in [0.2, 0.25) is 18.1 Å². The Kier molecular flexibility index (Phi) is 5.07. The molecule has 0 saturated carbocycles. The normalized spacial score (nSPS) is 11.7. The first-order chi connectivity index (χ1) is 7.88. The molecule has 0 unspecified atom stereocenters. The molecule has 1 aromatic carbocycles. The van der Waals surface area contributed by atoms with Gasteiger partial charge in [0, 0.05) is 0 Å². The third-order valence-corrected chi connectivity index (χ3v) is 6.56. The zero-order valence-corrected chi connectivity index (χ0v) is 13.7. The summed E-state index contributed by atoms with van der Waals surface area (Å²) in [5.41, 5.74) is 0. The fraction of sp³-hybridized carbons (Fsp3) is 0.538. The highest BCUT2D eigenvalue weighted by Gasteiger charge is 2.25. The number of rotatable bonds is 5. The summed E-state index contributed by atoms with van der Waals surface area (Å²) in [6, 6.07) is 5.82. The number of halogens is 1. The lowest BCUT2D eigenvalue weighted by Gasteiger charge is -2.28.